The van der Waals surface area contributed by atoms with Gasteiger partial charge in [-0.25, -0.2) is 13.1 Å². The van der Waals surface area contributed by atoms with Crippen molar-refractivity contribution >= 4 is 21.4 Å². The lowest BCUT2D eigenvalue weighted by molar-refractivity contribution is 0.0166. The molecule has 0 atom stereocenters. The molecule has 0 spiro atoms. The summed E-state index contributed by atoms with van der Waals surface area (Å²) in [4.78, 5) is 18.2. The van der Waals surface area contributed by atoms with Gasteiger partial charge in [0, 0.05) is 49.1 Å². The Labute approximate surface area is 229 Å². The van der Waals surface area contributed by atoms with Gasteiger partial charge in [-0.15, -0.1) is 0 Å². The maximum absolute atomic E-state index is 13.9. The first-order chi connectivity index (χ1) is 18.8. The third-order valence-electron chi connectivity index (χ3n) is 8.38. The maximum atomic E-state index is 13.9. The minimum absolute atomic E-state index is 0.0355. The minimum Gasteiger partial charge on any atom is -0.497 e. The average molecular weight is 551 g/mol. The van der Waals surface area contributed by atoms with Crippen LogP contribution < -0.4 is 9.64 Å². The standard InChI is InChI=1S/C29H34N4O5S/c1-37-24-10-8-23(9-11-24)33-26-25(27(30-33)39(2,35)36)12-15-32(28(26)34)22-6-4-21(5-7-22)29(13-3-14-29)20-31-16-18-38-19-17-31/h4-11H,3,12-20H2,1-2H3. The number of aromatic nitrogens is 2. The molecule has 1 saturated carbocycles. The number of hydrogen-bond donors (Lipinski definition) is 0. The number of anilines is 1. The maximum Gasteiger partial charge on any atom is 0.277 e. The molecule has 1 aliphatic carbocycles. The van der Waals surface area contributed by atoms with Gasteiger partial charge >= 0.3 is 0 Å². The van der Waals surface area contributed by atoms with Crippen molar-refractivity contribution in [2.75, 3.05) is 57.7 Å². The van der Waals surface area contributed by atoms with Gasteiger partial charge in [-0.05, 0) is 61.2 Å². The molecule has 3 aromatic rings. The van der Waals surface area contributed by atoms with Crippen LogP contribution in [0.1, 0.15) is 40.9 Å². The van der Waals surface area contributed by atoms with Crippen molar-refractivity contribution in [2.45, 2.75) is 36.1 Å². The molecule has 2 fully saturated rings. The Hall–Kier alpha value is -3.21. The SMILES string of the molecule is COc1ccc(-n2nc(S(C)(=O)=O)c3c2C(=O)N(c2ccc(C4(CN5CCOCC5)CCC4)cc2)CC3)cc1. The lowest BCUT2D eigenvalue weighted by Gasteiger charge is -2.46. The molecule has 3 aliphatic rings. The van der Waals surface area contributed by atoms with Crippen molar-refractivity contribution in [3.63, 3.8) is 0 Å². The normalized spacial score (nSPS) is 19.4. The summed E-state index contributed by atoms with van der Waals surface area (Å²) in [5.41, 5.74) is 3.65. The molecule has 2 aromatic carbocycles. The molecule has 9 nitrogen and oxygen atoms in total. The monoisotopic (exact) mass is 550 g/mol. The Morgan fingerprint density at radius 1 is 0.974 bits per heavy atom. The molecule has 0 N–H and O–H groups in total. The van der Waals surface area contributed by atoms with Crippen LogP contribution >= 0.6 is 0 Å². The predicted molar refractivity (Wildman–Crippen MR) is 148 cm³/mol. The van der Waals surface area contributed by atoms with Gasteiger partial charge in [-0.2, -0.15) is 5.10 Å². The van der Waals surface area contributed by atoms with Crippen molar-refractivity contribution in [1.29, 1.82) is 0 Å². The molecule has 2 aliphatic heterocycles. The Morgan fingerprint density at radius 2 is 1.64 bits per heavy atom. The number of ether oxygens (including phenoxy) is 2. The van der Waals surface area contributed by atoms with Crippen LogP contribution in [-0.2, 0) is 26.4 Å². The average Bonchev–Trinajstić information content (AvgIpc) is 3.33. The highest BCUT2D eigenvalue weighted by molar-refractivity contribution is 7.90. The first-order valence-corrected chi connectivity index (χ1v) is 15.4. The second-order valence-electron chi connectivity index (χ2n) is 10.8. The third kappa shape index (κ3) is 4.74. The zero-order valence-electron chi connectivity index (χ0n) is 22.4. The van der Waals surface area contributed by atoms with E-state index in [4.69, 9.17) is 9.47 Å². The van der Waals surface area contributed by atoms with Crippen LogP contribution in [0, 0.1) is 0 Å². The van der Waals surface area contributed by atoms with E-state index in [0.717, 1.165) is 44.8 Å². The Kier molecular flexibility index (Phi) is 6.73. The molecule has 0 bridgehead atoms. The Morgan fingerprint density at radius 3 is 2.23 bits per heavy atom. The number of amides is 1. The second-order valence-corrected chi connectivity index (χ2v) is 12.7. The van der Waals surface area contributed by atoms with E-state index in [9.17, 15) is 13.2 Å². The zero-order valence-corrected chi connectivity index (χ0v) is 23.2. The molecule has 1 saturated heterocycles. The van der Waals surface area contributed by atoms with E-state index < -0.39 is 9.84 Å². The van der Waals surface area contributed by atoms with Crippen molar-refractivity contribution in [3.05, 3.63) is 65.4 Å². The second kappa shape index (κ2) is 10.1. The molecule has 1 amide bonds. The topological polar surface area (TPSA) is 94.0 Å². The van der Waals surface area contributed by atoms with Crippen molar-refractivity contribution in [2.24, 2.45) is 0 Å². The zero-order chi connectivity index (χ0) is 27.2. The van der Waals surface area contributed by atoms with E-state index in [1.54, 1.807) is 36.3 Å². The van der Waals surface area contributed by atoms with E-state index in [-0.39, 0.29) is 16.3 Å². The van der Waals surface area contributed by atoms with Gasteiger partial charge < -0.3 is 14.4 Å². The van der Waals surface area contributed by atoms with Crippen LogP contribution in [0.15, 0.2) is 53.6 Å². The quantitative estimate of drug-likeness (QED) is 0.446. The van der Waals surface area contributed by atoms with Crippen LogP contribution in [0.2, 0.25) is 0 Å². The van der Waals surface area contributed by atoms with Crippen molar-refractivity contribution in [1.82, 2.24) is 14.7 Å². The number of morpholine rings is 1. The highest BCUT2D eigenvalue weighted by Gasteiger charge is 2.41. The summed E-state index contributed by atoms with van der Waals surface area (Å²) in [5.74, 6) is 0.405. The van der Waals surface area contributed by atoms with Gasteiger partial charge in [0.1, 0.15) is 11.4 Å². The smallest absolute Gasteiger partial charge is 0.277 e. The number of hydrogen-bond acceptors (Lipinski definition) is 7. The van der Waals surface area contributed by atoms with Crippen LogP contribution in [0.25, 0.3) is 5.69 Å². The van der Waals surface area contributed by atoms with Crippen LogP contribution in [0.3, 0.4) is 0 Å². The molecule has 3 heterocycles. The summed E-state index contributed by atoms with van der Waals surface area (Å²) in [6.45, 7) is 4.96. The van der Waals surface area contributed by atoms with Gasteiger partial charge in [-0.1, -0.05) is 18.6 Å². The largest absolute Gasteiger partial charge is 0.497 e. The number of carbonyl (C=O) groups is 1. The van der Waals surface area contributed by atoms with E-state index in [0.29, 0.717) is 35.7 Å². The third-order valence-corrected chi connectivity index (χ3v) is 9.41. The number of fused-ring (bicyclic) bond motifs is 1. The van der Waals surface area contributed by atoms with Crippen LogP contribution in [0.4, 0.5) is 5.69 Å². The van der Waals surface area contributed by atoms with E-state index in [2.05, 4.69) is 22.1 Å². The Balaban J connectivity index is 1.31. The number of carbonyl (C=O) groups excluding carboxylic acids is 1. The Bertz CT molecular complexity index is 1470. The van der Waals surface area contributed by atoms with Gasteiger partial charge in [0.05, 0.1) is 26.0 Å². The first-order valence-electron chi connectivity index (χ1n) is 13.5. The van der Waals surface area contributed by atoms with E-state index in [1.807, 2.05) is 12.1 Å². The van der Waals surface area contributed by atoms with Crippen molar-refractivity contribution < 1.29 is 22.7 Å². The summed E-state index contributed by atoms with van der Waals surface area (Å²) < 4.78 is 37.4. The predicted octanol–water partition coefficient (Wildman–Crippen LogP) is 3.24. The fraction of sp³-hybridized carbons (Fsp3) is 0.448. The number of nitrogens with zero attached hydrogens (tertiary/aromatic N) is 4. The molecule has 6 rings (SSSR count). The lowest BCUT2D eigenvalue weighted by atomic mass is 9.64. The fourth-order valence-electron chi connectivity index (χ4n) is 6.11. The molecule has 0 unspecified atom stereocenters. The molecular weight excluding hydrogens is 516 g/mol. The summed E-state index contributed by atoms with van der Waals surface area (Å²) >= 11 is 0. The number of benzene rings is 2. The van der Waals surface area contributed by atoms with Crippen LogP contribution in [-0.4, -0.2) is 81.8 Å². The number of methoxy groups -OCH3 is 1. The molecular formula is C29H34N4O5S. The van der Waals surface area contributed by atoms with Gasteiger partial charge in [0.25, 0.3) is 5.91 Å². The molecule has 10 heteroatoms. The summed E-state index contributed by atoms with van der Waals surface area (Å²) in [5, 5.41) is 4.38. The highest BCUT2D eigenvalue weighted by Crippen LogP contribution is 2.45. The van der Waals surface area contributed by atoms with Gasteiger partial charge in [0.15, 0.2) is 14.9 Å². The number of sulfone groups is 1. The summed E-state index contributed by atoms with van der Waals surface area (Å²) in [6.07, 6.45) is 5.12. The van der Waals surface area contributed by atoms with Gasteiger partial charge in [0.2, 0.25) is 0 Å². The summed E-state index contributed by atoms with van der Waals surface area (Å²) in [7, 11) is -2.04. The molecule has 39 heavy (non-hydrogen) atoms. The summed E-state index contributed by atoms with van der Waals surface area (Å²) in [6, 6.07) is 15.5. The number of rotatable bonds is 7. The fourth-order valence-corrected chi connectivity index (χ4v) is 6.98. The van der Waals surface area contributed by atoms with Crippen molar-refractivity contribution in [3.8, 4) is 11.4 Å². The molecule has 206 valence electrons. The molecule has 1 aromatic heterocycles. The van der Waals surface area contributed by atoms with Gasteiger partial charge in [-0.3, -0.25) is 9.69 Å². The van der Waals surface area contributed by atoms with Crippen LogP contribution in [0.5, 0.6) is 5.75 Å². The lowest BCUT2D eigenvalue weighted by Crippen LogP contribution is -2.49. The first kappa shape index (κ1) is 26.0. The minimum atomic E-state index is -3.62. The van der Waals surface area contributed by atoms with E-state index >= 15 is 0 Å². The van der Waals surface area contributed by atoms with E-state index in [1.165, 1.54) is 29.5 Å². The highest BCUT2D eigenvalue weighted by atomic mass is 32.2. The molecule has 0 radical (unpaired) electrons.